The topological polar surface area (TPSA) is 85.2 Å². The number of carboxylic acids is 1. The molecule has 1 aliphatic heterocycles. The van der Waals surface area contributed by atoms with Gasteiger partial charge in [-0.1, -0.05) is 0 Å². The minimum Gasteiger partial charge on any atom is -0.479 e. The maximum atomic E-state index is 10.1. The molecule has 1 fully saturated rings. The van der Waals surface area contributed by atoms with Gasteiger partial charge < -0.3 is 14.9 Å². The van der Waals surface area contributed by atoms with E-state index in [1.54, 1.807) is 0 Å². The molecule has 2 N–H and O–H groups in total. The van der Waals surface area contributed by atoms with Crippen LogP contribution in [0.3, 0.4) is 0 Å². The molecule has 1 heterocycles. The molecule has 0 saturated carbocycles. The number of hydrogen-bond donors (Lipinski definition) is 2. The summed E-state index contributed by atoms with van der Waals surface area (Å²) >= 11 is 0. The Balaban J connectivity index is 2.39. The van der Waals surface area contributed by atoms with Crippen LogP contribution in [0.4, 0.5) is 0 Å². The van der Waals surface area contributed by atoms with Crippen LogP contribution in [-0.4, -0.2) is 35.4 Å². The predicted octanol–water partition coefficient (Wildman–Crippen LogP) is -1.31. The summed E-state index contributed by atoms with van der Waals surface area (Å²) in [4.78, 5) is 18.4. The molecule has 0 aromatic rings. The SMILES string of the molecule is O=C(O)C1COOC(O)O1. The van der Waals surface area contributed by atoms with Crippen molar-refractivity contribution in [3.05, 3.63) is 0 Å². The molecule has 0 aromatic heterocycles. The van der Waals surface area contributed by atoms with E-state index >= 15 is 0 Å². The maximum Gasteiger partial charge on any atom is 0.335 e. The highest BCUT2D eigenvalue weighted by atomic mass is 17.3. The highest BCUT2D eigenvalue weighted by molar-refractivity contribution is 5.72. The number of carbonyl (C=O) groups is 1. The summed E-state index contributed by atoms with van der Waals surface area (Å²) in [6, 6.07) is 0. The molecule has 2 atom stereocenters. The fourth-order valence-corrected chi connectivity index (χ4v) is 0.491. The van der Waals surface area contributed by atoms with E-state index in [1.807, 2.05) is 0 Å². The third-order valence-electron chi connectivity index (χ3n) is 0.926. The molecule has 0 spiro atoms. The van der Waals surface area contributed by atoms with Crippen LogP contribution >= 0.6 is 0 Å². The molecule has 0 bridgehead atoms. The molecule has 0 aromatic carbocycles. The highest BCUT2D eigenvalue weighted by Gasteiger charge is 2.28. The Morgan fingerprint density at radius 2 is 2.30 bits per heavy atom. The molecule has 10 heavy (non-hydrogen) atoms. The van der Waals surface area contributed by atoms with Crippen molar-refractivity contribution in [2.24, 2.45) is 0 Å². The normalized spacial score (nSPS) is 33.7. The lowest BCUT2D eigenvalue weighted by Gasteiger charge is -2.22. The summed E-state index contributed by atoms with van der Waals surface area (Å²) in [7, 11) is 0. The second-order valence-electron chi connectivity index (χ2n) is 1.65. The zero-order chi connectivity index (χ0) is 7.56. The van der Waals surface area contributed by atoms with E-state index in [1.165, 1.54) is 0 Å². The number of aliphatic hydroxyl groups is 1. The van der Waals surface area contributed by atoms with Crippen molar-refractivity contribution in [2.45, 2.75) is 12.6 Å². The highest BCUT2D eigenvalue weighted by Crippen LogP contribution is 2.06. The number of rotatable bonds is 1. The largest absolute Gasteiger partial charge is 0.479 e. The van der Waals surface area contributed by atoms with Crippen molar-refractivity contribution in [3.63, 3.8) is 0 Å². The first-order valence-electron chi connectivity index (χ1n) is 2.55. The first-order chi connectivity index (χ1) is 4.70. The van der Waals surface area contributed by atoms with E-state index in [-0.39, 0.29) is 6.61 Å². The van der Waals surface area contributed by atoms with Gasteiger partial charge in [0.2, 0.25) is 0 Å². The fourth-order valence-electron chi connectivity index (χ4n) is 0.491. The monoisotopic (exact) mass is 150 g/mol. The third-order valence-corrected chi connectivity index (χ3v) is 0.926. The fraction of sp³-hybridized carbons (Fsp3) is 0.750. The van der Waals surface area contributed by atoms with Gasteiger partial charge in [0.1, 0.15) is 6.61 Å². The second kappa shape index (κ2) is 2.93. The third kappa shape index (κ3) is 1.64. The van der Waals surface area contributed by atoms with Gasteiger partial charge in [0, 0.05) is 0 Å². The van der Waals surface area contributed by atoms with Gasteiger partial charge in [-0.25, -0.2) is 9.68 Å². The van der Waals surface area contributed by atoms with E-state index in [0.29, 0.717) is 0 Å². The lowest BCUT2D eigenvalue weighted by molar-refractivity contribution is -0.479. The molecular formula is C4H6O6. The van der Waals surface area contributed by atoms with Crippen molar-refractivity contribution in [1.29, 1.82) is 0 Å². The van der Waals surface area contributed by atoms with Gasteiger partial charge in [-0.3, -0.25) is 0 Å². The first kappa shape index (κ1) is 7.42. The van der Waals surface area contributed by atoms with Crippen molar-refractivity contribution in [2.75, 3.05) is 6.61 Å². The van der Waals surface area contributed by atoms with Gasteiger partial charge in [0.25, 0.3) is 6.48 Å². The Hall–Kier alpha value is -0.690. The number of carboxylic acid groups (broad SMARTS) is 1. The Morgan fingerprint density at radius 1 is 1.60 bits per heavy atom. The van der Waals surface area contributed by atoms with Crippen LogP contribution in [0.25, 0.3) is 0 Å². The second-order valence-corrected chi connectivity index (χ2v) is 1.65. The molecule has 0 aliphatic carbocycles. The van der Waals surface area contributed by atoms with Gasteiger partial charge in [-0.2, -0.15) is 4.89 Å². The molecule has 2 unspecified atom stereocenters. The number of ether oxygens (including phenoxy) is 1. The quantitative estimate of drug-likeness (QED) is 0.451. The van der Waals surface area contributed by atoms with Gasteiger partial charge in [0.05, 0.1) is 0 Å². The smallest absolute Gasteiger partial charge is 0.335 e. The Kier molecular flexibility index (Phi) is 2.17. The molecule has 0 radical (unpaired) electrons. The van der Waals surface area contributed by atoms with Crippen LogP contribution < -0.4 is 0 Å². The van der Waals surface area contributed by atoms with E-state index < -0.39 is 18.5 Å². The lowest BCUT2D eigenvalue weighted by Crippen LogP contribution is -2.39. The van der Waals surface area contributed by atoms with Crippen molar-refractivity contribution < 1.29 is 29.5 Å². The van der Waals surface area contributed by atoms with Crippen LogP contribution in [0, 0.1) is 0 Å². The van der Waals surface area contributed by atoms with Gasteiger partial charge >= 0.3 is 5.97 Å². The van der Waals surface area contributed by atoms with E-state index in [9.17, 15) is 4.79 Å². The summed E-state index contributed by atoms with van der Waals surface area (Å²) in [5, 5.41) is 16.8. The summed E-state index contributed by atoms with van der Waals surface area (Å²) in [6.45, 7) is -1.82. The van der Waals surface area contributed by atoms with Crippen LogP contribution in [-0.2, 0) is 19.3 Å². The van der Waals surface area contributed by atoms with Gasteiger partial charge in [-0.15, -0.1) is 0 Å². The Morgan fingerprint density at radius 3 is 2.70 bits per heavy atom. The molecule has 0 amide bonds. The van der Waals surface area contributed by atoms with Crippen LogP contribution in [0.15, 0.2) is 0 Å². The summed E-state index contributed by atoms with van der Waals surface area (Å²) in [5.41, 5.74) is 0. The Labute approximate surface area is 55.8 Å². The van der Waals surface area contributed by atoms with Crippen molar-refractivity contribution >= 4 is 5.97 Å². The molecule has 6 heteroatoms. The van der Waals surface area contributed by atoms with E-state index in [0.717, 1.165) is 0 Å². The van der Waals surface area contributed by atoms with Crippen LogP contribution in [0.5, 0.6) is 0 Å². The van der Waals surface area contributed by atoms with Crippen molar-refractivity contribution in [1.82, 2.24) is 0 Å². The minimum absolute atomic E-state index is 0.216. The first-order valence-corrected chi connectivity index (χ1v) is 2.55. The maximum absolute atomic E-state index is 10.1. The molecular weight excluding hydrogens is 144 g/mol. The molecule has 1 rings (SSSR count). The zero-order valence-corrected chi connectivity index (χ0v) is 4.89. The number of aliphatic hydroxyl groups excluding tert-OH is 1. The number of aliphatic carboxylic acids is 1. The predicted molar refractivity (Wildman–Crippen MR) is 25.6 cm³/mol. The van der Waals surface area contributed by atoms with Crippen LogP contribution in [0.2, 0.25) is 0 Å². The van der Waals surface area contributed by atoms with Gasteiger partial charge in [0.15, 0.2) is 6.10 Å². The standard InChI is InChI=1S/C4H6O6/c5-3(6)2-1-8-10-4(7)9-2/h2,4,7H,1H2,(H,5,6). The number of hydrogen-bond acceptors (Lipinski definition) is 5. The minimum atomic E-state index is -1.60. The summed E-state index contributed by atoms with van der Waals surface area (Å²) in [6.07, 6.45) is -1.15. The molecule has 58 valence electrons. The average molecular weight is 150 g/mol. The average Bonchev–Trinajstić information content (AvgIpc) is 1.88. The summed E-state index contributed by atoms with van der Waals surface area (Å²) < 4.78 is 4.36. The molecule has 1 saturated heterocycles. The van der Waals surface area contributed by atoms with Gasteiger partial charge in [-0.05, 0) is 0 Å². The van der Waals surface area contributed by atoms with Crippen molar-refractivity contribution in [3.8, 4) is 0 Å². The van der Waals surface area contributed by atoms with E-state index in [4.69, 9.17) is 10.2 Å². The Bertz CT molecular complexity index is 134. The summed E-state index contributed by atoms with van der Waals surface area (Å²) in [5.74, 6) is -1.19. The zero-order valence-electron chi connectivity index (χ0n) is 4.89. The molecule has 6 nitrogen and oxygen atoms in total. The van der Waals surface area contributed by atoms with E-state index in [2.05, 4.69) is 14.5 Å². The van der Waals surface area contributed by atoms with Crippen LogP contribution in [0.1, 0.15) is 0 Å². The lowest BCUT2D eigenvalue weighted by atomic mass is 10.4. The molecule has 1 aliphatic rings.